The number of esters is 1. The Kier molecular flexibility index (Phi) is 30.1. The summed E-state index contributed by atoms with van der Waals surface area (Å²) in [5.41, 5.74) is 1.51. The third kappa shape index (κ3) is 30.8. The van der Waals surface area contributed by atoms with E-state index < -0.39 is 65.8 Å². The number of nitrogens with zero attached hydrogens (tertiary/aromatic N) is 5. The lowest BCUT2D eigenvalue weighted by Crippen LogP contribution is -2.49. The number of aliphatic carboxylic acids is 3. The fourth-order valence-electron chi connectivity index (χ4n) is 7.88. The van der Waals surface area contributed by atoms with Crippen LogP contribution in [0.1, 0.15) is 109 Å². The summed E-state index contributed by atoms with van der Waals surface area (Å²) >= 11 is 0. The van der Waals surface area contributed by atoms with Crippen LogP contribution in [0.25, 0.3) is 0 Å². The second-order valence-corrected chi connectivity index (χ2v) is 20.0. The number of carboxylic acids is 3. The van der Waals surface area contributed by atoms with Gasteiger partial charge >= 0.3 is 29.9 Å². The Balaban J connectivity index is 2.12. The van der Waals surface area contributed by atoms with Gasteiger partial charge in [0, 0.05) is 97.7 Å². The molecular weight excluding hydrogens is 947 g/mol. The first-order chi connectivity index (χ1) is 34.5. The summed E-state index contributed by atoms with van der Waals surface area (Å²) in [6.45, 7) is 12.0. The Morgan fingerprint density at radius 1 is 0.630 bits per heavy atom. The van der Waals surface area contributed by atoms with Crippen molar-refractivity contribution in [2.75, 3.05) is 106 Å². The van der Waals surface area contributed by atoms with Gasteiger partial charge in [0.15, 0.2) is 5.78 Å². The highest BCUT2D eigenvalue weighted by Crippen LogP contribution is 2.13. The normalized spacial score (nSPS) is 15.4. The van der Waals surface area contributed by atoms with Crippen LogP contribution in [-0.4, -0.2) is 217 Å². The van der Waals surface area contributed by atoms with Crippen LogP contribution in [0.3, 0.4) is 0 Å². The maximum absolute atomic E-state index is 14.0. The first kappa shape index (κ1) is 63.4. The van der Waals surface area contributed by atoms with Crippen LogP contribution < -0.4 is 21.3 Å². The number of carbonyl (C=O) groups excluding carboxylic acids is 6. The molecule has 5 amide bonds. The van der Waals surface area contributed by atoms with Gasteiger partial charge in [-0.25, -0.2) is 9.59 Å². The molecule has 1 fully saturated rings. The summed E-state index contributed by atoms with van der Waals surface area (Å²) in [6.07, 6.45) is 3.22. The molecule has 0 radical (unpaired) electrons. The number of unbranched alkanes of at least 4 members (excludes halogenated alkanes) is 3. The number of carbonyl (C=O) groups is 9. The van der Waals surface area contributed by atoms with Crippen molar-refractivity contribution < 1.29 is 63.2 Å². The van der Waals surface area contributed by atoms with E-state index in [-0.39, 0.29) is 70.1 Å². The van der Waals surface area contributed by atoms with Crippen molar-refractivity contribution >= 4 is 53.4 Å². The Morgan fingerprint density at radius 3 is 1.82 bits per heavy atom. The maximum Gasteiger partial charge on any atom is 0.326 e. The topological polar surface area (TPSA) is 288 Å². The third-order valence-corrected chi connectivity index (χ3v) is 12.2. The quantitative estimate of drug-likeness (QED) is 0.0413. The number of benzene rings is 1. The van der Waals surface area contributed by atoms with E-state index in [2.05, 4.69) is 43.2 Å². The molecule has 1 heterocycles. The molecule has 1 aromatic rings. The number of ether oxygens (including phenoxy) is 1. The third-order valence-electron chi connectivity index (χ3n) is 12.2. The average Bonchev–Trinajstić information content (AvgIpc) is 3.30. The number of carboxylic acid groups (broad SMARTS) is 3. The second kappa shape index (κ2) is 34.7. The monoisotopic (exact) mass is 1030 g/mol. The highest BCUT2D eigenvalue weighted by molar-refractivity contribution is 5.92. The number of urea groups is 1. The standard InChI is InChI=1S/C51H85N9O13/c1-38-16-18-39(19-17-38)13-12-15-43(62)52-24-10-8-14-40(54-44(63)35-58-31-29-56(5)27-28-57(6)30-32-59(34-33-58)36-47(67)68)42(61)21-22-45(64)60(37-48(69)73-51(2,3)4)26-11-7-9-25-53-50(72)55-41(49(70)71)20-23-46(65)66/h16-19,40-41H,7-15,20-37H2,1-6H3,(H,52,62)(H,54,63)(H,65,66)(H,67,68)(H,70,71)(H2,53,55,72)/t40-,41-/m0/s1. The predicted molar refractivity (Wildman–Crippen MR) is 274 cm³/mol. The van der Waals surface area contributed by atoms with Crippen LogP contribution in [-0.2, 0) is 49.5 Å². The van der Waals surface area contributed by atoms with Gasteiger partial charge in [0.1, 0.15) is 18.2 Å². The van der Waals surface area contributed by atoms with E-state index in [0.29, 0.717) is 90.8 Å². The number of likely N-dealkylation sites (N-methyl/N-ethyl adjacent to an activating group) is 2. The molecule has 2 atom stereocenters. The summed E-state index contributed by atoms with van der Waals surface area (Å²) in [5.74, 6) is -5.46. The van der Waals surface area contributed by atoms with Crippen LogP contribution in [0.2, 0.25) is 0 Å². The van der Waals surface area contributed by atoms with E-state index in [4.69, 9.17) is 9.84 Å². The van der Waals surface area contributed by atoms with Gasteiger partial charge < -0.3 is 56.0 Å². The zero-order valence-electron chi connectivity index (χ0n) is 44.2. The van der Waals surface area contributed by atoms with Crippen molar-refractivity contribution in [3.63, 3.8) is 0 Å². The number of hydrogen-bond donors (Lipinski definition) is 7. The van der Waals surface area contributed by atoms with Gasteiger partial charge in [-0.1, -0.05) is 29.8 Å². The lowest BCUT2D eigenvalue weighted by Gasteiger charge is -2.31. The molecule has 0 aromatic heterocycles. The Morgan fingerprint density at radius 2 is 1.22 bits per heavy atom. The minimum atomic E-state index is -1.38. The molecule has 0 bridgehead atoms. The average molecular weight is 1030 g/mol. The zero-order chi connectivity index (χ0) is 54.3. The number of nitrogens with one attached hydrogen (secondary N) is 4. The molecule has 0 aliphatic carbocycles. The van der Waals surface area contributed by atoms with Gasteiger partial charge in [-0.05, 0) is 105 Å². The van der Waals surface area contributed by atoms with Gasteiger partial charge in [0.05, 0.1) is 19.1 Å². The summed E-state index contributed by atoms with van der Waals surface area (Å²) in [7, 11) is 4.01. The number of Topliss-reactive ketones (excluding diaryl/α,β-unsaturated/α-hetero) is 1. The Hall–Kier alpha value is -5.71. The molecule has 412 valence electrons. The molecule has 0 unspecified atom stereocenters. The molecule has 1 saturated heterocycles. The smallest absolute Gasteiger partial charge is 0.326 e. The molecule has 22 nitrogen and oxygen atoms in total. The molecule has 73 heavy (non-hydrogen) atoms. The minimum Gasteiger partial charge on any atom is -0.481 e. The SMILES string of the molecule is Cc1ccc(CCCC(=O)NCCCC[C@H](NC(=O)CN2CCN(C)CCN(C)CCN(CC(=O)O)CC2)C(=O)CCC(=O)N(CCCCCNC(=O)N[C@@H](CCC(=O)O)C(=O)O)CC(=O)OC(C)(C)C)cc1. The van der Waals surface area contributed by atoms with Crippen molar-refractivity contribution in [3.05, 3.63) is 35.4 Å². The molecule has 7 N–H and O–H groups in total. The van der Waals surface area contributed by atoms with E-state index in [1.165, 1.54) is 10.5 Å². The van der Waals surface area contributed by atoms with E-state index in [9.17, 15) is 53.4 Å². The van der Waals surface area contributed by atoms with E-state index in [1.54, 1.807) is 20.8 Å². The molecule has 0 saturated carbocycles. The van der Waals surface area contributed by atoms with Gasteiger partial charge in [-0.2, -0.15) is 0 Å². The summed E-state index contributed by atoms with van der Waals surface area (Å²) < 4.78 is 5.49. The summed E-state index contributed by atoms with van der Waals surface area (Å²) in [5, 5.41) is 38.4. The van der Waals surface area contributed by atoms with E-state index in [1.807, 2.05) is 43.0 Å². The lowest BCUT2D eigenvalue weighted by molar-refractivity contribution is -0.159. The van der Waals surface area contributed by atoms with Crippen LogP contribution >= 0.6 is 0 Å². The van der Waals surface area contributed by atoms with Gasteiger partial charge in [-0.3, -0.25) is 43.4 Å². The largest absolute Gasteiger partial charge is 0.481 e. The number of ketones is 1. The van der Waals surface area contributed by atoms with Gasteiger partial charge in [-0.15, -0.1) is 0 Å². The predicted octanol–water partition coefficient (Wildman–Crippen LogP) is 1.96. The molecule has 0 spiro atoms. The Bertz CT molecular complexity index is 1910. The molecule has 22 heteroatoms. The first-order valence-electron chi connectivity index (χ1n) is 25.7. The zero-order valence-corrected chi connectivity index (χ0v) is 44.2. The van der Waals surface area contributed by atoms with Gasteiger partial charge in [0.2, 0.25) is 17.7 Å². The van der Waals surface area contributed by atoms with E-state index >= 15 is 0 Å². The van der Waals surface area contributed by atoms with Crippen LogP contribution in [0.15, 0.2) is 24.3 Å². The molecule has 1 aliphatic rings. The van der Waals surface area contributed by atoms with Crippen LogP contribution in [0.4, 0.5) is 4.79 Å². The van der Waals surface area contributed by atoms with Crippen molar-refractivity contribution in [1.82, 2.24) is 45.8 Å². The summed E-state index contributed by atoms with van der Waals surface area (Å²) in [4.78, 5) is 123. The fraction of sp³-hybridized carbons (Fsp3) is 0.706. The maximum atomic E-state index is 14.0. The highest BCUT2D eigenvalue weighted by atomic mass is 16.6. The van der Waals surface area contributed by atoms with Crippen LogP contribution in [0.5, 0.6) is 0 Å². The van der Waals surface area contributed by atoms with Crippen molar-refractivity contribution in [2.24, 2.45) is 0 Å². The molecule has 1 aromatic carbocycles. The van der Waals surface area contributed by atoms with Gasteiger partial charge in [0.25, 0.3) is 0 Å². The van der Waals surface area contributed by atoms with Crippen molar-refractivity contribution in [3.8, 4) is 0 Å². The van der Waals surface area contributed by atoms with E-state index in [0.717, 1.165) is 25.1 Å². The number of amides is 5. The molecular formula is C51H85N9O13. The molecule has 1 aliphatic heterocycles. The van der Waals surface area contributed by atoms with Crippen molar-refractivity contribution in [1.29, 1.82) is 0 Å². The highest BCUT2D eigenvalue weighted by Gasteiger charge is 2.27. The number of aryl methyl sites for hydroxylation is 2. The second-order valence-electron chi connectivity index (χ2n) is 20.0. The fourth-order valence-corrected chi connectivity index (χ4v) is 7.88. The first-order valence-corrected chi connectivity index (χ1v) is 25.7. The minimum absolute atomic E-state index is 0.0461. The van der Waals surface area contributed by atoms with Crippen LogP contribution in [0, 0.1) is 6.92 Å². The van der Waals surface area contributed by atoms with Crippen molar-refractivity contribution in [2.45, 2.75) is 129 Å². The molecule has 2 rings (SSSR count). The Labute approximate surface area is 431 Å². The number of hydrogen-bond acceptors (Lipinski definition) is 14. The lowest BCUT2D eigenvalue weighted by atomic mass is 10.0. The summed E-state index contributed by atoms with van der Waals surface area (Å²) in [6, 6.07) is 5.10. The number of rotatable bonds is 31.